The van der Waals surface area contributed by atoms with Crippen LogP contribution in [0.4, 0.5) is 5.82 Å². The molecular formula is C12H19N5O3. The molecule has 2 rings (SSSR count). The van der Waals surface area contributed by atoms with Gasteiger partial charge in [-0.3, -0.25) is 14.5 Å². The zero-order chi connectivity index (χ0) is 14.5. The lowest BCUT2D eigenvalue weighted by Crippen LogP contribution is -2.57. The number of nitrogens with two attached hydrogens (primary N) is 1. The Labute approximate surface area is 116 Å². The van der Waals surface area contributed by atoms with E-state index in [1.165, 1.54) is 0 Å². The minimum absolute atomic E-state index is 0.167. The summed E-state index contributed by atoms with van der Waals surface area (Å²) < 4.78 is 4.86. The van der Waals surface area contributed by atoms with Gasteiger partial charge >= 0.3 is 0 Å². The van der Waals surface area contributed by atoms with E-state index in [4.69, 9.17) is 10.3 Å². The van der Waals surface area contributed by atoms with Crippen LogP contribution >= 0.6 is 0 Å². The maximum Gasteiger partial charge on any atom is 0.236 e. The van der Waals surface area contributed by atoms with Crippen molar-refractivity contribution in [1.29, 1.82) is 0 Å². The molecule has 1 aliphatic heterocycles. The van der Waals surface area contributed by atoms with E-state index in [9.17, 15) is 9.59 Å². The number of rotatable bonds is 5. The van der Waals surface area contributed by atoms with Crippen molar-refractivity contribution in [3.8, 4) is 0 Å². The number of anilines is 1. The zero-order valence-corrected chi connectivity index (χ0v) is 11.4. The van der Waals surface area contributed by atoms with Gasteiger partial charge in [-0.2, -0.15) is 0 Å². The molecule has 2 heterocycles. The van der Waals surface area contributed by atoms with Crippen LogP contribution < -0.4 is 16.4 Å². The molecule has 8 nitrogen and oxygen atoms in total. The molecule has 1 unspecified atom stereocenters. The summed E-state index contributed by atoms with van der Waals surface area (Å²) in [5.41, 5.74) is 5.35. The summed E-state index contributed by atoms with van der Waals surface area (Å²) in [5.74, 6) is 0.500. The van der Waals surface area contributed by atoms with Crippen molar-refractivity contribution in [1.82, 2.24) is 15.4 Å². The number of hydrogen-bond donors (Lipinski definition) is 3. The van der Waals surface area contributed by atoms with E-state index in [2.05, 4.69) is 15.8 Å². The Balaban J connectivity index is 1.81. The molecule has 1 fully saturated rings. The first-order valence-corrected chi connectivity index (χ1v) is 6.53. The number of carbonyl (C=O) groups is 2. The number of hydrogen-bond acceptors (Lipinski definition) is 6. The Morgan fingerprint density at radius 1 is 1.65 bits per heavy atom. The molecule has 1 aromatic rings. The first kappa shape index (κ1) is 14.5. The lowest BCUT2D eigenvalue weighted by atomic mass is 10.1. The third kappa shape index (κ3) is 3.78. The summed E-state index contributed by atoms with van der Waals surface area (Å²) in [6.45, 7) is 4.25. The third-order valence-corrected chi connectivity index (χ3v) is 3.20. The lowest BCUT2D eigenvalue weighted by molar-refractivity contribution is -0.125. The summed E-state index contributed by atoms with van der Waals surface area (Å²) >= 11 is 0. The average Bonchev–Trinajstić information content (AvgIpc) is 2.82. The molecule has 2 amide bonds. The fourth-order valence-electron chi connectivity index (χ4n) is 2.17. The van der Waals surface area contributed by atoms with Gasteiger partial charge in [-0.1, -0.05) is 5.16 Å². The molecule has 1 saturated heterocycles. The van der Waals surface area contributed by atoms with Crippen molar-refractivity contribution in [3.05, 3.63) is 11.8 Å². The molecule has 0 spiro atoms. The van der Waals surface area contributed by atoms with Crippen LogP contribution in [0.3, 0.4) is 0 Å². The fraction of sp³-hybridized carbons (Fsp3) is 0.583. The highest BCUT2D eigenvalue weighted by molar-refractivity contribution is 5.89. The molecule has 0 aliphatic carbocycles. The molecule has 110 valence electrons. The van der Waals surface area contributed by atoms with Gasteiger partial charge < -0.3 is 20.9 Å². The number of piperazine rings is 1. The molecule has 1 atom stereocenters. The van der Waals surface area contributed by atoms with Gasteiger partial charge in [-0.25, -0.2) is 0 Å². The van der Waals surface area contributed by atoms with E-state index < -0.39 is 0 Å². The summed E-state index contributed by atoms with van der Waals surface area (Å²) in [6, 6.07) is 1.29. The Bertz CT molecular complexity index is 487. The van der Waals surface area contributed by atoms with Crippen LogP contribution in [-0.4, -0.2) is 54.1 Å². The molecule has 20 heavy (non-hydrogen) atoms. The molecule has 0 radical (unpaired) electrons. The zero-order valence-electron chi connectivity index (χ0n) is 11.4. The van der Waals surface area contributed by atoms with Gasteiger partial charge in [0.25, 0.3) is 0 Å². The highest BCUT2D eigenvalue weighted by Gasteiger charge is 2.26. The van der Waals surface area contributed by atoms with E-state index in [-0.39, 0.29) is 24.3 Å². The van der Waals surface area contributed by atoms with Gasteiger partial charge in [-0.15, -0.1) is 0 Å². The highest BCUT2D eigenvalue weighted by atomic mass is 16.5. The summed E-state index contributed by atoms with van der Waals surface area (Å²) in [5, 5.41) is 9.44. The number of aromatic nitrogens is 1. The maximum atomic E-state index is 11.8. The van der Waals surface area contributed by atoms with Gasteiger partial charge in [0.1, 0.15) is 11.8 Å². The first-order chi connectivity index (χ1) is 9.56. The monoisotopic (exact) mass is 281 g/mol. The van der Waals surface area contributed by atoms with Crippen molar-refractivity contribution in [3.63, 3.8) is 0 Å². The van der Waals surface area contributed by atoms with Crippen molar-refractivity contribution in [2.24, 2.45) is 5.73 Å². The predicted molar refractivity (Wildman–Crippen MR) is 71.9 cm³/mol. The number of nitrogens with one attached hydrogen (secondary N) is 2. The number of aryl methyl sites for hydroxylation is 1. The third-order valence-electron chi connectivity index (χ3n) is 3.20. The second-order valence-corrected chi connectivity index (χ2v) is 4.78. The molecule has 1 aliphatic rings. The lowest BCUT2D eigenvalue weighted by Gasteiger charge is -2.33. The van der Waals surface area contributed by atoms with E-state index in [0.29, 0.717) is 31.2 Å². The van der Waals surface area contributed by atoms with Crippen LogP contribution in [0.2, 0.25) is 0 Å². The van der Waals surface area contributed by atoms with E-state index in [0.717, 1.165) is 6.54 Å². The van der Waals surface area contributed by atoms with Gasteiger partial charge in [0.05, 0.1) is 0 Å². The molecule has 4 N–H and O–H groups in total. The summed E-state index contributed by atoms with van der Waals surface area (Å²) in [4.78, 5) is 25.0. The molecule has 0 bridgehead atoms. The first-order valence-electron chi connectivity index (χ1n) is 6.53. The summed E-state index contributed by atoms with van der Waals surface area (Å²) in [7, 11) is 0. The normalized spacial score (nSPS) is 19.8. The largest absolute Gasteiger partial charge is 0.368 e. The molecule has 0 saturated carbocycles. The van der Waals surface area contributed by atoms with Gasteiger partial charge in [-0.05, 0) is 6.92 Å². The Morgan fingerprint density at radius 3 is 3.10 bits per heavy atom. The van der Waals surface area contributed by atoms with Gasteiger partial charge in [0.2, 0.25) is 11.8 Å². The number of nitrogens with zero attached hydrogens (tertiary/aromatic N) is 2. The predicted octanol–water partition coefficient (Wildman–Crippen LogP) is -0.929. The van der Waals surface area contributed by atoms with Crippen LogP contribution in [-0.2, 0) is 9.59 Å². The molecule has 8 heteroatoms. The van der Waals surface area contributed by atoms with Gasteiger partial charge in [0.15, 0.2) is 5.82 Å². The van der Waals surface area contributed by atoms with Crippen molar-refractivity contribution < 1.29 is 14.1 Å². The fourth-order valence-corrected chi connectivity index (χ4v) is 2.17. The quantitative estimate of drug-likeness (QED) is 0.642. The standard InChI is InChI=1S/C12H19N5O3/c1-8-6-10(16-20-8)15-11(18)2-4-17-5-3-14-7-9(17)12(13)19/h6,9,14H,2-5,7H2,1H3,(H2,13,19)(H,15,16,18). The molecule has 1 aromatic heterocycles. The van der Waals surface area contributed by atoms with Crippen LogP contribution in [0.1, 0.15) is 12.2 Å². The average molecular weight is 281 g/mol. The second-order valence-electron chi connectivity index (χ2n) is 4.78. The van der Waals surface area contributed by atoms with Crippen LogP contribution in [0.15, 0.2) is 10.6 Å². The van der Waals surface area contributed by atoms with E-state index >= 15 is 0 Å². The van der Waals surface area contributed by atoms with Crippen LogP contribution in [0.25, 0.3) is 0 Å². The Morgan fingerprint density at radius 2 is 2.45 bits per heavy atom. The Hall–Kier alpha value is -1.93. The van der Waals surface area contributed by atoms with E-state index in [1.54, 1.807) is 13.0 Å². The van der Waals surface area contributed by atoms with Crippen LogP contribution in [0, 0.1) is 6.92 Å². The minimum atomic E-state index is -0.371. The minimum Gasteiger partial charge on any atom is -0.368 e. The molecular weight excluding hydrogens is 262 g/mol. The number of carbonyl (C=O) groups excluding carboxylic acids is 2. The van der Waals surface area contributed by atoms with Crippen molar-refractivity contribution in [2.45, 2.75) is 19.4 Å². The maximum absolute atomic E-state index is 11.8. The summed E-state index contributed by atoms with van der Waals surface area (Å²) in [6.07, 6.45) is 0.273. The number of primary amides is 1. The highest BCUT2D eigenvalue weighted by Crippen LogP contribution is 2.08. The van der Waals surface area contributed by atoms with Gasteiger partial charge in [0, 0.05) is 38.7 Å². The second kappa shape index (κ2) is 6.49. The SMILES string of the molecule is Cc1cc(NC(=O)CCN2CCNCC2C(N)=O)no1. The van der Waals surface area contributed by atoms with E-state index in [1.807, 2.05) is 4.90 Å². The molecule has 0 aromatic carbocycles. The van der Waals surface area contributed by atoms with Crippen molar-refractivity contribution in [2.75, 3.05) is 31.5 Å². The number of amides is 2. The topological polar surface area (TPSA) is 113 Å². The van der Waals surface area contributed by atoms with Crippen LogP contribution in [0.5, 0.6) is 0 Å². The Kier molecular flexibility index (Phi) is 4.70. The smallest absolute Gasteiger partial charge is 0.236 e. The van der Waals surface area contributed by atoms with Crippen molar-refractivity contribution >= 4 is 17.6 Å².